The van der Waals surface area contributed by atoms with Crippen LogP contribution >= 0.6 is 0 Å². The third-order valence-corrected chi connectivity index (χ3v) is 12.7. The van der Waals surface area contributed by atoms with E-state index in [9.17, 15) is 39.9 Å². The van der Waals surface area contributed by atoms with E-state index in [1.807, 2.05) is 12.1 Å². The topological polar surface area (TPSA) is 152 Å². The first-order chi connectivity index (χ1) is 21.3. The number of aromatic hydroxyl groups is 1. The highest BCUT2D eigenvalue weighted by atomic mass is 16.4. The van der Waals surface area contributed by atoms with Gasteiger partial charge in [0.15, 0.2) is 17.2 Å². The number of hydrogen-bond acceptors (Lipinski definition) is 8. The molecule has 0 bridgehead atoms. The van der Waals surface area contributed by atoms with Gasteiger partial charge in [-0.05, 0) is 42.1 Å². The van der Waals surface area contributed by atoms with E-state index in [1.54, 1.807) is 27.7 Å². The van der Waals surface area contributed by atoms with Gasteiger partial charge in [0.2, 0.25) is 5.78 Å². The summed E-state index contributed by atoms with van der Waals surface area (Å²) < 4.78 is 0. The van der Waals surface area contributed by atoms with Crippen LogP contribution in [0, 0.1) is 28.6 Å². The predicted molar refractivity (Wildman–Crippen MR) is 175 cm³/mol. The van der Waals surface area contributed by atoms with Crippen LogP contribution in [0.2, 0.25) is 0 Å². The molecule has 2 fully saturated rings. The van der Waals surface area contributed by atoms with Crippen molar-refractivity contribution in [1.82, 2.24) is 0 Å². The average Bonchev–Trinajstić information content (AvgIpc) is 2.97. The zero-order valence-electron chi connectivity index (χ0n) is 28.7. The smallest absolute Gasteiger partial charge is 0.203 e. The molecule has 46 heavy (non-hydrogen) atoms. The van der Waals surface area contributed by atoms with Crippen molar-refractivity contribution in [2.45, 2.75) is 130 Å². The minimum atomic E-state index is -2.89. The van der Waals surface area contributed by atoms with Crippen LogP contribution < -0.4 is 0 Å². The summed E-state index contributed by atoms with van der Waals surface area (Å²) in [5.41, 5.74) is -6.63. The molecule has 8 heteroatoms. The molecule has 0 heterocycles. The Morgan fingerprint density at radius 2 is 1.65 bits per heavy atom. The van der Waals surface area contributed by atoms with E-state index in [0.29, 0.717) is 11.1 Å². The Balaban J connectivity index is 1.67. The Bertz CT molecular complexity index is 1540. The first-order valence-electron chi connectivity index (χ1n) is 17.1. The molecule has 252 valence electrons. The Morgan fingerprint density at radius 3 is 2.22 bits per heavy atom. The lowest BCUT2D eigenvalue weighted by atomic mass is 9.40. The van der Waals surface area contributed by atoms with Crippen molar-refractivity contribution >= 4 is 23.1 Å². The molecule has 1 aromatic rings. The number of aliphatic hydroxyl groups excluding tert-OH is 3. The molecule has 0 spiro atoms. The zero-order chi connectivity index (χ0) is 34.3. The average molecular weight is 637 g/mol. The van der Waals surface area contributed by atoms with Gasteiger partial charge in [-0.1, -0.05) is 106 Å². The second-order valence-corrected chi connectivity index (χ2v) is 16.0. The van der Waals surface area contributed by atoms with Gasteiger partial charge in [0.25, 0.3) is 0 Å². The van der Waals surface area contributed by atoms with Gasteiger partial charge < -0.3 is 25.5 Å². The third kappa shape index (κ3) is 4.42. The number of carbonyl (C=O) groups is 3. The molecule has 0 aromatic heterocycles. The molecule has 0 radical (unpaired) electrons. The summed E-state index contributed by atoms with van der Waals surface area (Å²) in [5.74, 6) is -6.16. The van der Waals surface area contributed by atoms with Gasteiger partial charge >= 0.3 is 0 Å². The number of ketones is 3. The van der Waals surface area contributed by atoms with Crippen LogP contribution in [0.25, 0.3) is 5.76 Å². The van der Waals surface area contributed by atoms with Crippen molar-refractivity contribution in [3.63, 3.8) is 0 Å². The van der Waals surface area contributed by atoms with E-state index in [-0.39, 0.29) is 16.9 Å². The summed E-state index contributed by atoms with van der Waals surface area (Å²) >= 11 is 0. The summed E-state index contributed by atoms with van der Waals surface area (Å²) in [4.78, 5) is 41.1. The third-order valence-electron chi connectivity index (χ3n) is 12.7. The molecule has 4 aliphatic carbocycles. The van der Waals surface area contributed by atoms with E-state index in [1.165, 1.54) is 39.0 Å². The Labute approximate surface area is 272 Å². The molecule has 1 aromatic carbocycles. The molecule has 5 rings (SSSR count). The van der Waals surface area contributed by atoms with Crippen LogP contribution in [-0.2, 0) is 19.8 Å². The van der Waals surface area contributed by atoms with Gasteiger partial charge in [-0.25, -0.2) is 0 Å². The lowest BCUT2D eigenvalue weighted by molar-refractivity contribution is -0.215. The fourth-order valence-corrected chi connectivity index (χ4v) is 9.92. The van der Waals surface area contributed by atoms with Gasteiger partial charge in [-0.15, -0.1) is 0 Å². The van der Waals surface area contributed by atoms with Gasteiger partial charge in [-0.3, -0.25) is 14.4 Å². The summed E-state index contributed by atoms with van der Waals surface area (Å²) in [6, 6.07) is 3.68. The number of phenolic OH excluding ortho intramolecular Hbond substituents is 1. The largest absolute Gasteiger partial charge is 0.508 e. The van der Waals surface area contributed by atoms with Crippen LogP contribution in [-0.4, -0.2) is 54.6 Å². The molecule has 4 aliphatic rings. The maximum absolute atomic E-state index is 14.7. The van der Waals surface area contributed by atoms with Gasteiger partial charge in [0.1, 0.15) is 22.8 Å². The zero-order valence-corrected chi connectivity index (χ0v) is 28.7. The van der Waals surface area contributed by atoms with E-state index in [2.05, 4.69) is 13.8 Å². The van der Waals surface area contributed by atoms with Crippen molar-refractivity contribution in [1.29, 1.82) is 0 Å². The lowest BCUT2D eigenvalue weighted by Gasteiger charge is -2.63. The van der Waals surface area contributed by atoms with Crippen molar-refractivity contribution in [2.75, 3.05) is 0 Å². The van der Waals surface area contributed by atoms with E-state index in [0.717, 1.165) is 32.1 Å². The summed E-state index contributed by atoms with van der Waals surface area (Å²) in [6.45, 7) is 13.4. The highest BCUT2D eigenvalue weighted by Gasteiger charge is 2.77. The second-order valence-electron chi connectivity index (χ2n) is 16.0. The molecular weight excluding hydrogens is 584 g/mol. The molecule has 2 saturated carbocycles. The van der Waals surface area contributed by atoms with Crippen LogP contribution in [0.1, 0.15) is 129 Å². The summed E-state index contributed by atoms with van der Waals surface area (Å²) in [5, 5.41) is 59.9. The Hall–Kier alpha value is -2.97. The van der Waals surface area contributed by atoms with Crippen LogP contribution in [0.4, 0.5) is 0 Å². The lowest BCUT2D eigenvalue weighted by Crippen LogP contribution is -2.75. The molecule has 0 amide bonds. The van der Waals surface area contributed by atoms with Crippen LogP contribution in [0.3, 0.4) is 0 Å². The maximum atomic E-state index is 14.7. The minimum Gasteiger partial charge on any atom is -0.508 e. The highest BCUT2D eigenvalue weighted by molar-refractivity contribution is 6.24. The Kier molecular flexibility index (Phi) is 8.46. The van der Waals surface area contributed by atoms with Crippen molar-refractivity contribution < 1.29 is 39.9 Å². The number of phenols is 1. The number of Topliss-reactive ketones (excluding diaryl/α,β-unsaturated/α-hetero) is 3. The van der Waals surface area contributed by atoms with Crippen molar-refractivity contribution in [2.24, 2.45) is 28.6 Å². The van der Waals surface area contributed by atoms with Gasteiger partial charge in [-0.2, -0.15) is 0 Å². The first-order valence-corrected chi connectivity index (χ1v) is 17.1. The molecule has 8 nitrogen and oxygen atoms in total. The molecule has 6 atom stereocenters. The number of rotatable bonds is 7. The number of aliphatic hydroxyl groups is 4. The molecule has 0 aliphatic heterocycles. The fraction of sp³-hybridized carbons (Fsp3) is 0.658. The number of hydrogen-bond donors (Lipinski definition) is 5. The minimum absolute atomic E-state index is 0.0631. The summed E-state index contributed by atoms with van der Waals surface area (Å²) in [7, 11) is 0. The van der Waals surface area contributed by atoms with Gasteiger partial charge in [0, 0.05) is 22.3 Å². The summed E-state index contributed by atoms with van der Waals surface area (Å²) in [6.07, 6.45) is 7.70. The van der Waals surface area contributed by atoms with E-state index in [4.69, 9.17) is 0 Å². The van der Waals surface area contributed by atoms with Crippen LogP contribution in [0.5, 0.6) is 5.75 Å². The number of benzene rings is 1. The predicted octanol–water partition coefficient (Wildman–Crippen LogP) is 6.75. The second kappa shape index (κ2) is 11.3. The molecule has 5 N–H and O–H groups in total. The fourth-order valence-electron chi connectivity index (χ4n) is 9.92. The number of carbonyl (C=O) groups excluding carboxylic acids is 3. The van der Waals surface area contributed by atoms with Crippen molar-refractivity contribution in [3.8, 4) is 5.75 Å². The number of fused-ring (bicyclic) bond motifs is 3. The first kappa shape index (κ1) is 34.4. The molecule has 0 saturated heterocycles. The van der Waals surface area contributed by atoms with Gasteiger partial charge in [0.05, 0.1) is 17.2 Å². The van der Waals surface area contributed by atoms with Crippen LogP contribution in [0.15, 0.2) is 29.0 Å². The Morgan fingerprint density at radius 1 is 1.04 bits per heavy atom. The van der Waals surface area contributed by atoms with Crippen molar-refractivity contribution in [3.05, 3.63) is 45.7 Å². The quantitative estimate of drug-likeness (QED) is 0.206. The SMILES string of the molecule is CC(=O)C1=C(O)[C@]2(O)C(=O)C3=C(O)c4c(ccc(C(C)(C)CCCC5CCCCC5)c4O)[C@@H](C)[C@]3(C)[C@@H](O)[C@]2(C)C(C(C)C)C1=O. The normalized spacial score (nSPS) is 33.7. The standard InChI is InChI=1S/C38H52O8/c1-19(2)27-30(41)25(21(4)39)32(43)38(46)33(44)28-31(42)26-23(20(3)36(28,7)34(45)37(27,38)8)16-17-24(29(26)40)35(5,6)18-12-15-22-13-10-9-11-14-22/h16-17,19-20,22,27,34,40,42-43,45-46H,9-15,18H2,1-8H3/t20-,27?,34-,36+,37+,38+/m1/s1. The van der Waals surface area contributed by atoms with E-state index >= 15 is 0 Å². The molecular formula is C38H52O8. The number of allylic oxidation sites excluding steroid dienone is 1. The monoisotopic (exact) mass is 636 g/mol. The highest BCUT2D eigenvalue weighted by Crippen LogP contribution is 2.67. The van der Waals surface area contributed by atoms with E-state index < -0.39 is 80.1 Å². The maximum Gasteiger partial charge on any atom is 0.203 e. The molecule has 1 unspecified atom stereocenters.